The third-order valence-electron chi connectivity index (χ3n) is 4.87. The summed E-state index contributed by atoms with van der Waals surface area (Å²) >= 11 is 0. The number of nitrogens with one attached hydrogen (secondary N) is 1. The Bertz CT molecular complexity index is 655. The van der Waals surface area contributed by atoms with E-state index in [9.17, 15) is 19.7 Å². The molecule has 0 aromatic heterocycles. The second kappa shape index (κ2) is 6.98. The number of nitro groups is 1. The average molecular weight is 331 g/mol. The van der Waals surface area contributed by atoms with Gasteiger partial charge >= 0.3 is 0 Å². The van der Waals surface area contributed by atoms with Crippen LogP contribution < -0.4 is 5.32 Å². The molecule has 1 saturated carbocycles. The lowest BCUT2D eigenvalue weighted by molar-refractivity contribution is -0.384. The smallest absolute Gasteiger partial charge is 0.271 e. The SMILES string of the molecule is O=C(Nc1cccc([N+](=O)[O-])c1)[C@@H]1CC(=O)N(C2CCCCC2)C1. The maximum absolute atomic E-state index is 12.4. The van der Waals surface area contributed by atoms with Crippen LogP contribution in [0.25, 0.3) is 0 Å². The molecule has 1 aliphatic carbocycles. The third kappa shape index (κ3) is 3.55. The molecule has 2 fully saturated rings. The van der Waals surface area contributed by atoms with Gasteiger partial charge in [-0.15, -0.1) is 0 Å². The van der Waals surface area contributed by atoms with Crippen molar-refractivity contribution in [2.45, 2.75) is 44.6 Å². The second-order valence-corrected chi connectivity index (χ2v) is 6.54. The van der Waals surface area contributed by atoms with Gasteiger partial charge in [-0.3, -0.25) is 19.7 Å². The number of hydrogen-bond donors (Lipinski definition) is 1. The Morgan fingerprint density at radius 1 is 1.25 bits per heavy atom. The van der Waals surface area contributed by atoms with Crippen LogP contribution in [0.2, 0.25) is 0 Å². The highest BCUT2D eigenvalue weighted by atomic mass is 16.6. The summed E-state index contributed by atoms with van der Waals surface area (Å²) in [6.07, 6.45) is 5.75. The Morgan fingerprint density at radius 2 is 2.00 bits per heavy atom. The highest BCUT2D eigenvalue weighted by molar-refractivity contribution is 5.97. The van der Waals surface area contributed by atoms with Crippen molar-refractivity contribution in [1.82, 2.24) is 4.90 Å². The molecular formula is C17H21N3O4. The Hall–Kier alpha value is -2.44. The summed E-state index contributed by atoms with van der Waals surface area (Å²) in [7, 11) is 0. The number of benzene rings is 1. The largest absolute Gasteiger partial charge is 0.339 e. The topological polar surface area (TPSA) is 92.5 Å². The van der Waals surface area contributed by atoms with E-state index in [2.05, 4.69) is 5.32 Å². The first-order chi connectivity index (χ1) is 11.5. The molecule has 2 aliphatic rings. The molecule has 7 nitrogen and oxygen atoms in total. The van der Waals surface area contributed by atoms with E-state index in [1.54, 1.807) is 6.07 Å². The summed E-state index contributed by atoms with van der Waals surface area (Å²) in [4.78, 5) is 36.8. The third-order valence-corrected chi connectivity index (χ3v) is 4.87. The van der Waals surface area contributed by atoms with E-state index in [4.69, 9.17) is 0 Å². The van der Waals surface area contributed by atoms with Gasteiger partial charge in [0.25, 0.3) is 5.69 Å². The van der Waals surface area contributed by atoms with Crippen molar-refractivity contribution < 1.29 is 14.5 Å². The zero-order valence-corrected chi connectivity index (χ0v) is 13.4. The van der Waals surface area contributed by atoms with E-state index >= 15 is 0 Å². The number of hydrogen-bond acceptors (Lipinski definition) is 4. The molecule has 2 amide bonds. The Labute approximate surface area is 140 Å². The highest BCUT2D eigenvalue weighted by Gasteiger charge is 2.38. The molecule has 128 valence electrons. The van der Waals surface area contributed by atoms with Crippen molar-refractivity contribution in [3.63, 3.8) is 0 Å². The van der Waals surface area contributed by atoms with E-state index in [1.807, 2.05) is 4.90 Å². The molecule has 1 atom stereocenters. The zero-order chi connectivity index (χ0) is 17.1. The van der Waals surface area contributed by atoms with Crippen LogP contribution in [0.1, 0.15) is 38.5 Å². The lowest BCUT2D eigenvalue weighted by Crippen LogP contribution is -2.38. The van der Waals surface area contributed by atoms with Crippen LogP contribution in [0, 0.1) is 16.0 Å². The van der Waals surface area contributed by atoms with Crippen molar-refractivity contribution in [2.24, 2.45) is 5.92 Å². The van der Waals surface area contributed by atoms with Crippen molar-refractivity contribution in [1.29, 1.82) is 0 Å². The van der Waals surface area contributed by atoms with E-state index in [-0.39, 0.29) is 30.0 Å². The van der Waals surface area contributed by atoms with Crippen molar-refractivity contribution in [2.75, 3.05) is 11.9 Å². The van der Waals surface area contributed by atoms with E-state index in [1.165, 1.54) is 24.6 Å². The number of nitrogens with zero attached hydrogens (tertiary/aromatic N) is 2. The number of carbonyl (C=O) groups is 2. The standard InChI is InChI=1S/C17H21N3O4/c21-16-9-12(11-19(16)14-6-2-1-3-7-14)17(22)18-13-5-4-8-15(10-13)20(23)24/h4-5,8,10,12,14H,1-3,6-7,9,11H2,(H,18,22)/t12-/m1/s1. The lowest BCUT2D eigenvalue weighted by Gasteiger charge is -2.31. The highest BCUT2D eigenvalue weighted by Crippen LogP contribution is 2.29. The van der Waals surface area contributed by atoms with Crippen LogP contribution >= 0.6 is 0 Å². The predicted molar refractivity (Wildman–Crippen MR) is 88.4 cm³/mol. The molecule has 0 bridgehead atoms. The fourth-order valence-electron chi connectivity index (χ4n) is 3.59. The van der Waals surface area contributed by atoms with Crippen molar-refractivity contribution in [3.05, 3.63) is 34.4 Å². The van der Waals surface area contributed by atoms with Crippen molar-refractivity contribution in [3.8, 4) is 0 Å². The maximum atomic E-state index is 12.4. The van der Waals surface area contributed by atoms with Gasteiger partial charge in [-0.05, 0) is 18.9 Å². The normalized spacial score (nSPS) is 21.8. The van der Waals surface area contributed by atoms with Gasteiger partial charge in [-0.1, -0.05) is 25.3 Å². The summed E-state index contributed by atoms with van der Waals surface area (Å²) in [5.41, 5.74) is 0.317. The second-order valence-electron chi connectivity index (χ2n) is 6.54. The summed E-state index contributed by atoms with van der Waals surface area (Å²) < 4.78 is 0. The molecule has 1 aromatic rings. The first kappa shape index (κ1) is 16.4. The fourth-order valence-corrected chi connectivity index (χ4v) is 3.59. The molecule has 7 heteroatoms. The minimum absolute atomic E-state index is 0.0427. The van der Waals surface area contributed by atoms with Gasteiger partial charge in [-0.2, -0.15) is 0 Å². The first-order valence-corrected chi connectivity index (χ1v) is 8.39. The average Bonchev–Trinajstić information content (AvgIpc) is 2.98. The zero-order valence-electron chi connectivity index (χ0n) is 13.4. The number of rotatable bonds is 4. The minimum Gasteiger partial charge on any atom is -0.339 e. The van der Waals surface area contributed by atoms with Gasteiger partial charge in [0, 0.05) is 36.8 Å². The van der Waals surface area contributed by atoms with Gasteiger partial charge in [0.15, 0.2) is 0 Å². The van der Waals surface area contributed by atoms with Gasteiger partial charge in [-0.25, -0.2) is 0 Å². The van der Waals surface area contributed by atoms with E-state index in [0.717, 1.165) is 25.7 Å². The number of carbonyl (C=O) groups excluding carboxylic acids is 2. The van der Waals surface area contributed by atoms with E-state index < -0.39 is 10.8 Å². The fraction of sp³-hybridized carbons (Fsp3) is 0.529. The van der Waals surface area contributed by atoms with Gasteiger partial charge in [0.05, 0.1) is 10.8 Å². The number of anilines is 1. The molecule has 1 aliphatic heterocycles. The molecular weight excluding hydrogens is 310 g/mol. The molecule has 1 aromatic carbocycles. The molecule has 3 rings (SSSR count). The van der Waals surface area contributed by atoms with Crippen LogP contribution in [-0.2, 0) is 9.59 Å². The lowest BCUT2D eigenvalue weighted by atomic mass is 9.94. The first-order valence-electron chi connectivity index (χ1n) is 8.39. The summed E-state index contributed by atoms with van der Waals surface area (Å²) in [6.45, 7) is 0.449. The molecule has 1 N–H and O–H groups in total. The monoisotopic (exact) mass is 331 g/mol. The van der Waals surface area contributed by atoms with E-state index in [0.29, 0.717) is 12.2 Å². The number of non-ortho nitro benzene ring substituents is 1. The molecule has 1 saturated heterocycles. The number of amides is 2. The summed E-state index contributed by atoms with van der Waals surface area (Å²) in [6, 6.07) is 6.11. The van der Waals surface area contributed by atoms with Gasteiger partial charge < -0.3 is 10.2 Å². The molecule has 24 heavy (non-hydrogen) atoms. The van der Waals surface area contributed by atoms with Gasteiger partial charge in [0.1, 0.15) is 0 Å². The quantitative estimate of drug-likeness (QED) is 0.678. The summed E-state index contributed by atoms with van der Waals surface area (Å²) in [5.74, 6) is -0.595. The maximum Gasteiger partial charge on any atom is 0.271 e. The number of likely N-dealkylation sites (tertiary alicyclic amines) is 1. The number of nitro benzene ring substituents is 1. The minimum atomic E-state index is -0.500. The van der Waals surface area contributed by atoms with Gasteiger partial charge in [0.2, 0.25) is 11.8 Å². The summed E-state index contributed by atoms with van der Waals surface area (Å²) in [5, 5.41) is 13.5. The Balaban J connectivity index is 1.62. The predicted octanol–water partition coefficient (Wildman–Crippen LogP) is 2.71. The van der Waals surface area contributed by atoms with Crippen LogP contribution in [0.3, 0.4) is 0 Å². The molecule has 0 spiro atoms. The molecule has 0 radical (unpaired) electrons. The molecule has 1 heterocycles. The van der Waals surface area contributed by atoms with Crippen LogP contribution in [0.5, 0.6) is 0 Å². The Kier molecular flexibility index (Phi) is 4.78. The van der Waals surface area contributed by atoms with Crippen LogP contribution in [0.15, 0.2) is 24.3 Å². The van der Waals surface area contributed by atoms with Crippen LogP contribution in [0.4, 0.5) is 11.4 Å². The molecule has 0 unspecified atom stereocenters. The van der Waals surface area contributed by atoms with Crippen LogP contribution in [-0.4, -0.2) is 34.2 Å². The van der Waals surface area contributed by atoms with Crippen molar-refractivity contribution >= 4 is 23.2 Å². The Morgan fingerprint density at radius 3 is 2.71 bits per heavy atom.